The lowest BCUT2D eigenvalue weighted by Crippen LogP contribution is -2.20. The van der Waals surface area contributed by atoms with Crippen molar-refractivity contribution >= 4 is 23.2 Å². The van der Waals surface area contributed by atoms with Crippen LogP contribution in [0, 0.1) is 5.41 Å². The van der Waals surface area contributed by atoms with E-state index in [0.29, 0.717) is 23.7 Å². The molecular weight excluding hydrogens is 224 g/mol. The number of carbonyl (C=O) groups excluding carboxylic acids is 1. The Kier molecular flexibility index (Phi) is 3.92. The number of aryl methyl sites for hydroxylation is 1. The van der Waals surface area contributed by atoms with Crippen LogP contribution in [0.15, 0.2) is 12.3 Å². The van der Waals surface area contributed by atoms with E-state index >= 15 is 0 Å². The number of anilines is 1. The summed E-state index contributed by atoms with van der Waals surface area (Å²) >= 11 is 5.82. The minimum Gasteiger partial charge on any atom is -0.383 e. The molecule has 0 saturated heterocycles. The van der Waals surface area contributed by atoms with Crippen molar-refractivity contribution in [1.29, 1.82) is 0 Å². The molecule has 4 heteroatoms. The summed E-state index contributed by atoms with van der Waals surface area (Å²) in [6, 6.07) is 1.76. The number of nitrogen functional groups attached to an aromatic ring is 1. The zero-order valence-electron chi connectivity index (χ0n) is 9.88. The molecule has 0 aliphatic heterocycles. The number of nitrogens with two attached hydrogens (primary N) is 1. The maximum absolute atomic E-state index is 11.7. The minimum absolute atomic E-state index is 0.215. The van der Waals surface area contributed by atoms with Gasteiger partial charge in [0.15, 0.2) is 0 Å². The Morgan fingerprint density at radius 1 is 1.50 bits per heavy atom. The number of pyridine rings is 1. The maximum Gasteiger partial charge on any atom is 0.138 e. The summed E-state index contributed by atoms with van der Waals surface area (Å²) in [5.74, 6) is 0.665. The first-order valence-electron chi connectivity index (χ1n) is 5.24. The van der Waals surface area contributed by atoms with E-state index in [4.69, 9.17) is 17.3 Å². The van der Waals surface area contributed by atoms with Crippen molar-refractivity contribution in [3.05, 3.63) is 22.8 Å². The van der Waals surface area contributed by atoms with Crippen LogP contribution in [-0.2, 0) is 11.2 Å². The molecule has 0 aromatic carbocycles. The zero-order valence-corrected chi connectivity index (χ0v) is 10.6. The Balaban J connectivity index is 2.68. The number of Topliss-reactive ketones (excluding diaryl/α,β-unsaturated/α-hetero) is 1. The van der Waals surface area contributed by atoms with Crippen molar-refractivity contribution in [2.45, 2.75) is 33.6 Å². The van der Waals surface area contributed by atoms with Crippen LogP contribution in [0.4, 0.5) is 5.82 Å². The SMILES string of the molecule is CC(C)(C)C(=O)CCc1cc(Cl)cnc1N. The highest BCUT2D eigenvalue weighted by Crippen LogP contribution is 2.21. The predicted octanol–water partition coefficient (Wildman–Crippen LogP) is 2.87. The van der Waals surface area contributed by atoms with Crippen molar-refractivity contribution in [3.8, 4) is 0 Å². The Morgan fingerprint density at radius 2 is 2.12 bits per heavy atom. The number of hydrogen-bond donors (Lipinski definition) is 1. The van der Waals surface area contributed by atoms with E-state index in [-0.39, 0.29) is 11.2 Å². The first-order chi connectivity index (χ1) is 7.30. The third-order valence-electron chi connectivity index (χ3n) is 2.43. The standard InChI is InChI=1S/C12H17ClN2O/c1-12(2,3)10(16)5-4-8-6-9(13)7-15-11(8)14/h6-7H,4-5H2,1-3H3,(H2,14,15). The molecule has 1 aromatic rings. The highest BCUT2D eigenvalue weighted by atomic mass is 35.5. The quantitative estimate of drug-likeness (QED) is 0.884. The van der Waals surface area contributed by atoms with Crippen LogP contribution in [0.2, 0.25) is 5.02 Å². The van der Waals surface area contributed by atoms with Crippen molar-refractivity contribution in [3.63, 3.8) is 0 Å². The lowest BCUT2D eigenvalue weighted by atomic mass is 9.87. The topological polar surface area (TPSA) is 56.0 Å². The van der Waals surface area contributed by atoms with Gasteiger partial charge >= 0.3 is 0 Å². The van der Waals surface area contributed by atoms with Gasteiger partial charge in [-0.2, -0.15) is 0 Å². The van der Waals surface area contributed by atoms with Crippen LogP contribution in [-0.4, -0.2) is 10.8 Å². The number of carbonyl (C=O) groups is 1. The Hall–Kier alpha value is -1.09. The molecule has 0 spiro atoms. The van der Waals surface area contributed by atoms with Gasteiger partial charge in [-0.25, -0.2) is 4.98 Å². The lowest BCUT2D eigenvalue weighted by molar-refractivity contribution is -0.126. The largest absolute Gasteiger partial charge is 0.383 e. The summed E-state index contributed by atoms with van der Waals surface area (Å²) in [6.45, 7) is 5.73. The van der Waals surface area contributed by atoms with Crippen molar-refractivity contribution in [1.82, 2.24) is 4.98 Å². The maximum atomic E-state index is 11.7. The summed E-state index contributed by atoms with van der Waals surface area (Å²) in [5.41, 5.74) is 6.24. The average Bonchev–Trinajstić information content (AvgIpc) is 2.17. The third kappa shape index (κ3) is 3.49. The van der Waals surface area contributed by atoms with E-state index in [1.807, 2.05) is 20.8 Å². The molecule has 0 bridgehead atoms. The van der Waals surface area contributed by atoms with Crippen molar-refractivity contribution in [2.24, 2.45) is 5.41 Å². The molecule has 88 valence electrons. The molecule has 0 atom stereocenters. The minimum atomic E-state index is -0.305. The second kappa shape index (κ2) is 4.83. The van der Waals surface area contributed by atoms with Crippen LogP contribution >= 0.6 is 11.6 Å². The Bertz CT molecular complexity index is 396. The van der Waals surface area contributed by atoms with E-state index in [0.717, 1.165) is 5.56 Å². The number of aromatic nitrogens is 1. The molecule has 1 aromatic heterocycles. The molecule has 1 heterocycles. The highest BCUT2D eigenvalue weighted by Gasteiger charge is 2.20. The van der Waals surface area contributed by atoms with Gasteiger partial charge in [0, 0.05) is 18.0 Å². The van der Waals surface area contributed by atoms with Crippen LogP contribution in [0.25, 0.3) is 0 Å². The van der Waals surface area contributed by atoms with Gasteiger partial charge in [-0.15, -0.1) is 0 Å². The molecule has 3 nitrogen and oxygen atoms in total. The summed E-state index contributed by atoms with van der Waals surface area (Å²) in [5, 5.41) is 0.549. The van der Waals surface area contributed by atoms with Crippen molar-refractivity contribution < 1.29 is 4.79 Å². The first-order valence-corrected chi connectivity index (χ1v) is 5.61. The smallest absolute Gasteiger partial charge is 0.138 e. The summed E-state index contributed by atoms with van der Waals surface area (Å²) < 4.78 is 0. The van der Waals surface area contributed by atoms with Crippen LogP contribution in [0.5, 0.6) is 0 Å². The van der Waals surface area contributed by atoms with E-state index in [2.05, 4.69) is 4.98 Å². The van der Waals surface area contributed by atoms with Gasteiger partial charge in [-0.1, -0.05) is 32.4 Å². The van der Waals surface area contributed by atoms with E-state index in [9.17, 15) is 4.79 Å². The van der Waals surface area contributed by atoms with Gasteiger partial charge in [-0.3, -0.25) is 4.79 Å². The molecule has 16 heavy (non-hydrogen) atoms. The summed E-state index contributed by atoms with van der Waals surface area (Å²) in [6.07, 6.45) is 2.57. The molecule has 0 amide bonds. The van der Waals surface area contributed by atoms with E-state index in [1.54, 1.807) is 6.07 Å². The van der Waals surface area contributed by atoms with E-state index < -0.39 is 0 Å². The van der Waals surface area contributed by atoms with Gasteiger partial charge in [0.1, 0.15) is 11.6 Å². The number of halogens is 1. The lowest BCUT2D eigenvalue weighted by Gasteiger charge is -2.16. The van der Waals surface area contributed by atoms with Gasteiger partial charge in [-0.05, 0) is 18.1 Å². The highest BCUT2D eigenvalue weighted by molar-refractivity contribution is 6.30. The summed E-state index contributed by atoms with van der Waals surface area (Å²) in [7, 11) is 0. The molecule has 0 saturated carbocycles. The number of rotatable bonds is 3. The van der Waals surface area contributed by atoms with Crippen LogP contribution < -0.4 is 5.73 Å². The van der Waals surface area contributed by atoms with E-state index in [1.165, 1.54) is 6.20 Å². The number of nitrogens with zero attached hydrogens (tertiary/aromatic N) is 1. The van der Waals surface area contributed by atoms with Gasteiger partial charge < -0.3 is 5.73 Å². The molecule has 2 N–H and O–H groups in total. The normalized spacial score (nSPS) is 11.5. The number of ketones is 1. The van der Waals surface area contributed by atoms with Crippen LogP contribution in [0.1, 0.15) is 32.8 Å². The fourth-order valence-electron chi connectivity index (χ4n) is 1.32. The summed E-state index contributed by atoms with van der Waals surface area (Å²) in [4.78, 5) is 15.7. The second-order valence-corrected chi connectivity index (χ2v) is 5.31. The molecule has 0 aliphatic rings. The number of hydrogen-bond acceptors (Lipinski definition) is 3. The molecule has 0 unspecified atom stereocenters. The fraction of sp³-hybridized carbons (Fsp3) is 0.500. The monoisotopic (exact) mass is 240 g/mol. The molecular formula is C12H17ClN2O. The zero-order chi connectivity index (χ0) is 12.3. The van der Waals surface area contributed by atoms with Gasteiger partial charge in [0.2, 0.25) is 0 Å². The molecule has 1 rings (SSSR count). The fourth-order valence-corrected chi connectivity index (χ4v) is 1.50. The first kappa shape index (κ1) is 13.0. The third-order valence-corrected chi connectivity index (χ3v) is 2.63. The van der Waals surface area contributed by atoms with Gasteiger partial charge in [0.25, 0.3) is 0 Å². The van der Waals surface area contributed by atoms with Gasteiger partial charge in [0.05, 0.1) is 5.02 Å². The average molecular weight is 241 g/mol. The predicted molar refractivity (Wildman–Crippen MR) is 66.4 cm³/mol. The van der Waals surface area contributed by atoms with Crippen LogP contribution in [0.3, 0.4) is 0 Å². The Morgan fingerprint density at radius 3 is 2.69 bits per heavy atom. The Labute approximate surface area is 101 Å². The molecule has 0 fully saturated rings. The van der Waals surface area contributed by atoms with Crippen molar-refractivity contribution in [2.75, 3.05) is 5.73 Å². The second-order valence-electron chi connectivity index (χ2n) is 4.87. The molecule has 0 radical (unpaired) electrons. The molecule has 0 aliphatic carbocycles.